The van der Waals surface area contributed by atoms with Crippen LogP contribution in [-0.4, -0.2) is 66.1 Å². The van der Waals surface area contributed by atoms with Gasteiger partial charge in [0.05, 0.1) is 24.6 Å². The maximum Gasteiger partial charge on any atom is 0.314 e. The Hall–Kier alpha value is -3.09. The van der Waals surface area contributed by atoms with Crippen LogP contribution in [0.2, 0.25) is 0 Å². The van der Waals surface area contributed by atoms with Gasteiger partial charge in [0.1, 0.15) is 17.5 Å². The lowest BCUT2D eigenvalue weighted by Crippen LogP contribution is -2.52. The number of nitrogens with two attached hydrogens (primary N) is 1. The number of nitriles is 1. The molecule has 9 heteroatoms. The molecule has 1 aliphatic rings. The van der Waals surface area contributed by atoms with Gasteiger partial charge < -0.3 is 21.1 Å². The molecule has 1 aromatic carbocycles. The van der Waals surface area contributed by atoms with E-state index in [1.165, 1.54) is 0 Å². The largest absolute Gasteiger partial charge is 0.382 e. The number of nitrogens with zero attached hydrogens (tertiary/aromatic N) is 4. The van der Waals surface area contributed by atoms with Crippen LogP contribution in [-0.2, 0) is 11.2 Å². The number of ether oxygens (including phenoxy) is 1. The van der Waals surface area contributed by atoms with Crippen LogP contribution in [0.3, 0.4) is 0 Å². The Labute approximate surface area is 189 Å². The first-order chi connectivity index (χ1) is 15.5. The van der Waals surface area contributed by atoms with Crippen molar-refractivity contribution in [2.75, 3.05) is 45.1 Å². The number of amides is 2. The summed E-state index contributed by atoms with van der Waals surface area (Å²) in [6, 6.07) is 11.7. The van der Waals surface area contributed by atoms with Crippen LogP contribution in [0.5, 0.6) is 0 Å². The minimum Gasteiger partial charge on any atom is -0.382 e. The van der Waals surface area contributed by atoms with Crippen molar-refractivity contribution in [2.45, 2.75) is 32.7 Å². The van der Waals surface area contributed by atoms with Gasteiger partial charge in [0, 0.05) is 32.2 Å². The molecule has 172 valence electrons. The second kappa shape index (κ2) is 11.5. The normalized spacial score (nSPS) is 15.3. The van der Waals surface area contributed by atoms with E-state index in [1.807, 2.05) is 30.3 Å². The van der Waals surface area contributed by atoms with E-state index >= 15 is 0 Å². The van der Waals surface area contributed by atoms with Gasteiger partial charge >= 0.3 is 6.03 Å². The third-order valence-corrected chi connectivity index (χ3v) is 5.74. The first-order valence-corrected chi connectivity index (χ1v) is 11.2. The van der Waals surface area contributed by atoms with Crippen molar-refractivity contribution in [3.05, 3.63) is 41.6 Å². The molecule has 9 nitrogen and oxygen atoms in total. The summed E-state index contributed by atoms with van der Waals surface area (Å²) < 4.78 is 7.02. The number of benzene rings is 1. The monoisotopic (exact) mass is 439 g/mol. The van der Waals surface area contributed by atoms with Gasteiger partial charge in [-0.2, -0.15) is 10.4 Å². The minimum atomic E-state index is -0.182. The van der Waals surface area contributed by atoms with Crippen molar-refractivity contribution >= 4 is 11.8 Å². The van der Waals surface area contributed by atoms with Crippen LogP contribution >= 0.6 is 0 Å². The molecule has 1 unspecified atom stereocenters. The molecule has 0 spiro atoms. The molecule has 1 aromatic heterocycles. The number of hydrogen-bond acceptors (Lipinski definition) is 6. The standard InChI is InChI=1S/C23H33N7O2/c1-17(2)21(29-11-13-32-14-12-29)16-27-23(31)26-10-6-9-20-19(15-24)22(25)30(28-20)18-7-4-3-5-8-18/h3-5,7-8,17,21H,6,9-14,16,25H2,1-2H3,(H2,26,27,31). The number of carbonyl (C=O) groups excluding carboxylic acids is 1. The van der Waals surface area contributed by atoms with Gasteiger partial charge in [-0.1, -0.05) is 32.0 Å². The number of anilines is 1. The van der Waals surface area contributed by atoms with E-state index in [4.69, 9.17) is 10.5 Å². The molecule has 1 fully saturated rings. The zero-order chi connectivity index (χ0) is 22.9. The van der Waals surface area contributed by atoms with Crippen LogP contribution in [0.1, 0.15) is 31.5 Å². The summed E-state index contributed by atoms with van der Waals surface area (Å²) in [5.41, 5.74) is 7.98. The van der Waals surface area contributed by atoms with Crippen LogP contribution in [0.25, 0.3) is 5.69 Å². The first kappa shape index (κ1) is 23.6. The average Bonchev–Trinajstić information content (AvgIpc) is 3.13. The van der Waals surface area contributed by atoms with Gasteiger partial charge in [-0.25, -0.2) is 9.48 Å². The van der Waals surface area contributed by atoms with E-state index in [0.29, 0.717) is 48.9 Å². The molecule has 0 bridgehead atoms. The van der Waals surface area contributed by atoms with Gasteiger partial charge in [-0.3, -0.25) is 4.90 Å². The lowest BCUT2D eigenvalue weighted by molar-refractivity contribution is 0.00720. The van der Waals surface area contributed by atoms with Crippen molar-refractivity contribution in [3.63, 3.8) is 0 Å². The maximum absolute atomic E-state index is 12.3. The van der Waals surface area contributed by atoms with Crippen molar-refractivity contribution in [3.8, 4) is 11.8 Å². The number of rotatable bonds is 9. The zero-order valence-corrected chi connectivity index (χ0v) is 18.9. The molecule has 2 amide bonds. The summed E-state index contributed by atoms with van der Waals surface area (Å²) in [6.07, 6.45) is 1.21. The number of nitrogens with one attached hydrogen (secondary N) is 2. The molecule has 2 aromatic rings. The van der Waals surface area contributed by atoms with Gasteiger partial charge in [-0.05, 0) is 30.9 Å². The van der Waals surface area contributed by atoms with Crippen molar-refractivity contribution < 1.29 is 9.53 Å². The second-order valence-corrected chi connectivity index (χ2v) is 8.27. The molecule has 1 aliphatic heterocycles. The second-order valence-electron chi connectivity index (χ2n) is 8.27. The van der Waals surface area contributed by atoms with Crippen LogP contribution in [0.4, 0.5) is 10.6 Å². The van der Waals surface area contributed by atoms with E-state index in [0.717, 1.165) is 32.0 Å². The zero-order valence-electron chi connectivity index (χ0n) is 18.9. The number of nitrogen functional groups attached to an aromatic ring is 1. The SMILES string of the molecule is CC(C)C(CNC(=O)NCCCc1nn(-c2ccccc2)c(N)c1C#N)N1CCOCC1. The summed E-state index contributed by atoms with van der Waals surface area (Å²) in [5, 5.41) is 19.9. The summed E-state index contributed by atoms with van der Waals surface area (Å²) in [6.45, 7) is 8.70. The third-order valence-electron chi connectivity index (χ3n) is 5.74. The topological polar surface area (TPSA) is 121 Å². The molecule has 1 saturated heterocycles. The maximum atomic E-state index is 12.3. The van der Waals surface area contributed by atoms with E-state index in [2.05, 4.69) is 40.5 Å². The number of hydrogen-bond donors (Lipinski definition) is 3. The molecule has 0 aliphatic carbocycles. The molecule has 32 heavy (non-hydrogen) atoms. The lowest BCUT2D eigenvalue weighted by atomic mass is 10.0. The quantitative estimate of drug-likeness (QED) is 0.513. The number of para-hydroxylation sites is 1. The predicted molar refractivity (Wildman–Crippen MR) is 123 cm³/mol. The van der Waals surface area contributed by atoms with Crippen molar-refractivity contribution in [1.29, 1.82) is 5.26 Å². The molecule has 2 heterocycles. The molecular weight excluding hydrogens is 406 g/mol. The van der Waals surface area contributed by atoms with Gasteiger partial charge in [0.25, 0.3) is 0 Å². The highest BCUT2D eigenvalue weighted by atomic mass is 16.5. The Balaban J connectivity index is 1.47. The smallest absolute Gasteiger partial charge is 0.314 e. The number of carbonyl (C=O) groups is 1. The third kappa shape index (κ3) is 5.99. The molecule has 0 saturated carbocycles. The van der Waals surface area contributed by atoms with Crippen molar-refractivity contribution in [2.24, 2.45) is 5.92 Å². The van der Waals surface area contributed by atoms with Crippen LogP contribution < -0.4 is 16.4 Å². The van der Waals surface area contributed by atoms with Gasteiger partial charge in [0.15, 0.2) is 0 Å². The Morgan fingerprint density at radius 1 is 1.25 bits per heavy atom. The van der Waals surface area contributed by atoms with E-state index in [1.54, 1.807) is 4.68 Å². The molecule has 1 atom stereocenters. The number of morpholine rings is 1. The van der Waals surface area contributed by atoms with Crippen LogP contribution in [0.15, 0.2) is 30.3 Å². The Bertz CT molecular complexity index is 914. The summed E-state index contributed by atoms with van der Waals surface area (Å²) in [7, 11) is 0. The Morgan fingerprint density at radius 2 is 1.97 bits per heavy atom. The Kier molecular flexibility index (Phi) is 8.48. The highest BCUT2D eigenvalue weighted by molar-refractivity contribution is 5.73. The number of urea groups is 1. The van der Waals surface area contributed by atoms with E-state index in [9.17, 15) is 10.1 Å². The summed E-state index contributed by atoms with van der Waals surface area (Å²) >= 11 is 0. The lowest BCUT2D eigenvalue weighted by Gasteiger charge is -2.36. The van der Waals surface area contributed by atoms with Crippen LogP contribution in [0, 0.1) is 17.2 Å². The minimum absolute atomic E-state index is 0.182. The highest BCUT2D eigenvalue weighted by Crippen LogP contribution is 2.21. The molecule has 0 radical (unpaired) electrons. The van der Waals surface area contributed by atoms with Crippen molar-refractivity contribution in [1.82, 2.24) is 25.3 Å². The van der Waals surface area contributed by atoms with E-state index < -0.39 is 0 Å². The Morgan fingerprint density at radius 3 is 2.62 bits per heavy atom. The molecule has 3 rings (SSSR count). The fourth-order valence-corrected chi connectivity index (χ4v) is 3.95. The van der Waals surface area contributed by atoms with Gasteiger partial charge in [0.2, 0.25) is 0 Å². The predicted octanol–water partition coefficient (Wildman–Crippen LogP) is 1.91. The van der Waals surface area contributed by atoms with Gasteiger partial charge in [-0.15, -0.1) is 0 Å². The number of aryl methyl sites for hydroxylation is 1. The summed E-state index contributed by atoms with van der Waals surface area (Å²) in [4.78, 5) is 14.7. The fourth-order valence-electron chi connectivity index (χ4n) is 3.95. The van der Waals surface area contributed by atoms with E-state index in [-0.39, 0.29) is 12.1 Å². The fraction of sp³-hybridized carbons (Fsp3) is 0.522. The summed E-state index contributed by atoms with van der Waals surface area (Å²) in [5.74, 6) is 0.769. The first-order valence-electron chi connectivity index (χ1n) is 11.2. The molecule has 4 N–H and O–H groups in total. The molecular formula is C23H33N7O2. The average molecular weight is 440 g/mol. The highest BCUT2D eigenvalue weighted by Gasteiger charge is 2.24. The number of aromatic nitrogens is 2.